The average molecular weight is 508 g/mol. The Morgan fingerprint density at radius 1 is 1.26 bits per heavy atom. The third-order valence-corrected chi connectivity index (χ3v) is 7.67. The Morgan fingerprint density at radius 2 is 2.00 bits per heavy atom. The van der Waals surface area contributed by atoms with E-state index in [-0.39, 0.29) is 34.5 Å². The van der Waals surface area contributed by atoms with E-state index in [2.05, 4.69) is 32.1 Å². The van der Waals surface area contributed by atoms with Gasteiger partial charge in [-0.1, -0.05) is 6.92 Å². The first-order valence-electron chi connectivity index (χ1n) is 11.8. The highest BCUT2D eigenvalue weighted by Gasteiger charge is 2.35. The average Bonchev–Trinajstić information content (AvgIpc) is 3.59. The van der Waals surface area contributed by atoms with Crippen LogP contribution in [0.4, 0.5) is 14.6 Å². The summed E-state index contributed by atoms with van der Waals surface area (Å²) in [7, 11) is -3.54. The fourth-order valence-electron chi connectivity index (χ4n) is 4.40. The molecule has 1 aliphatic heterocycles. The van der Waals surface area contributed by atoms with Crippen molar-refractivity contribution in [2.75, 3.05) is 17.7 Å². The lowest BCUT2D eigenvalue weighted by molar-refractivity contribution is 0.278. The number of aromatic nitrogens is 2. The fraction of sp³-hybridized carbons (Fsp3) is 0.542. The molecule has 1 aromatic carbocycles. The van der Waals surface area contributed by atoms with Crippen LogP contribution >= 0.6 is 0 Å². The predicted molar refractivity (Wildman–Crippen MR) is 130 cm³/mol. The van der Waals surface area contributed by atoms with Crippen LogP contribution in [0, 0.1) is 18.7 Å². The lowest BCUT2D eigenvalue weighted by atomic mass is 10.1. The number of hydrogen-bond donors (Lipinski definition) is 1. The Morgan fingerprint density at radius 3 is 2.66 bits per heavy atom. The van der Waals surface area contributed by atoms with Crippen LogP contribution in [0.5, 0.6) is 11.6 Å². The number of benzene rings is 1. The summed E-state index contributed by atoms with van der Waals surface area (Å²) in [6.45, 7) is 4.41. The quantitative estimate of drug-likeness (QED) is 0.293. The van der Waals surface area contributed by atoms with Gasteiger partial charge in [0.1, 0.15) is 12.1 Å². The number of sulfone groups is 1. The van der Waals surface area contributed by atoms with Crippen molar-refractivity contribution in [2.24, 2.45) is 10.9 Å². The molecular formula is C24H31F2N5O3S. The molecule has 0 radical (unpaired) electrons. The van der Waals surface area contributed by atoms with Gasteiger partial charge in [-0.05, 0) is 57.2 Å². The fourth-order valence-corrected chi connectivity index (χ4v) is 5.03. The maximum atomic E-state index is 14.6. The van der Waals surface area contributed by atoms with Gasteiger partial charge < -0.3 is 15.0 Å². The van der Waals surface area contributed by atoms with E-state index in [4.69, 9.17) is 4.74 Å². The lowest BCUT2D eigenvalue weighted by Gasteiger charge is -2.31. The topological polar surface area (TPSA) is 96.8 Å². The number of hydrogen-bond acceptors (Lipinski definition) is 7. The molecule has 2 heterocycles. The molecule has 11 heteroatoms. The number of anilines is 1. The first kappa shape index (κ1) is 25.3. The molecule has 3 atom stereocenters. The summed E-state index contributed by atoms with van der Waals surface area (Å²) < 4.78 is 57.5. The summed E-state index contributed by atoms with van der Waals surface area (Å²) in [6.07, 6.45) is 7.44. The molecule has 1 N–H and O–H groups in total. The van der Waals surface area contributed by atoms with Crippen LogP contribution in [0.2, 0.25) is 0 Å². The Bertz CT molecular complexity index is 1190. The van der Waals surface area contributed by atoms with Gasteiger partial charge in [0.15, 0.2) is 27.7 Å². The second kappa shape index (κ2) is 10.4. The number of alkyl halides is 1. The van der Waals surface area contributed by atoms with E-state index in [0.29, 0.717) is 17.9 Å². The van der Waals surface area contributed by atoms with Crippen LogP contribution in [-0.4, -0.2) is 55.9 Å². The first-order valence-corrected chi connectivity index (χ1v) is 13.7. The van der Waals surface area contributed by atoms with Gasteiger partial charge in [-0.15, -0.1) is 0 Å². The van der Waals surface area contributed by atoms with Gasteiger partial charge in [0.25, 0.3) is 0 Å². The molecule has 0 spiro atoms. The van der Waals surface area contributed by atoms with Crippen LogP contribution < -0.4 is 15.0 Å². The second-order valence-corrected chi connectivity index (χ2v) is 11.2. The van der Waals surface area contributed by atoms with E-state index < -0.39 is 22.0 Å². The van der Waals surface area contributed by atoms with Gasteiger partial charge in [-0.25, -0.2) is 27.2 Å². The third kappa shape index (κ3) is 5.88. The molecule has 1 saturated carbocycles. The second-order valence-electron chi connectivity index (χ2n) is 9.19. The minimum absolute atomic E-state index is 0.0733. The van der Waals surface area contributed by atoms with Crippen LogP contribution in [0.3, 0.4) is 0 Å². The van der Waals surface area contributed by atoms with E-state index in [1.807, 2.05) is 6.92 Å². The maximum absolute atomic E-state index is 14.6. The molecule has 2 aromatic rings. The van der Waals surface area contributed by atoms with E-state index in [1.54, 1.807) is 0 Å². The Balaban J connectivity index is 1.52. The molecule has 1 aliphatic carbocycles. The van der Waals surface area contributed by atoms with Crippen LogP contribution in [0.1, 0.15) is 44.6 Å². The number of nitrogens with one attached hydrogen (secondary N) is 1. The third-order valence-electron chi connectivity index (χ3n) is 6.56. The van der Waals surface area contributed by atoms with E-state index >= 15 is 0 Å². The Labute approximate surface area is 204 Å². The van der Waals surface area contributed by atoms with Gasteiger partial charge in [-0.3, -0.25) is 4.99 Å². The number of aliphatic imine (C=N–C) groups is 1. The predicted octanol–water partition coefficient (Wildman–Crippen LogP) is 4.19. The van der Waals surface area contributed by atoms with Crippen molar-refractivity contribution >= 4 is 22.0 Å². The van der Waals surface area contributed by atoms with Crippen molar-refractivity contribution in [3.8, 4) is 11.6 Å². The summed E-state index contributed by atoms with van der Waals surface area (Å²) in [6, 6.07) is 3.83. The van der Waals surface area contributed by atoms with Gasteiger partial charge in [0, 0.05) is 18.2 Å². The highest BCUT2D eigenvalue weighted by Crippen LogP contribution is 2.37. The molecule has 4 rings (SSSR count). The number of ether oxygens (including phenoxy) is 1. The molecule has 1 saturated heterocycles. The summed E-state index contributed by atoms with van der Waals surface area (Å²) in [5.74, 6) is 0.0567. The van der Waals surface area contributed by atoms with Gasteiger partial charge in [0.05, 0.1) is 29.4 Å². The van der Waals surface area contributed by atoms with Crippen molar-refractivity contribution < 1.29 is 21.9 Å². The number of rotatable bonds is 10. The Hall–Kier alpha value is -2.82. The summed E-state index contributed by atoms with van der Waals surface area (Å²) in [5, 5.41) is 2.72. The van der Waals surface area contributed by atoms with Crippen LogP contribution in [-0.2, 0) is 9.84 Å². The normalized spacial score (nSPS) is 21.5. The SMILES string of the molecule is CCC1CCC(CN=CNC(F)C2CC2)N1c1ncnc(Oc2ccc(S(C)(=O)=O)cc2F)c1C. The van der Waals surface area contributed by atoms with E-state index in [0.717, 1.165) is 44.4 Å². The summed E-state index contributed by atoms with van der Waals surface area (Å²) in [5.41, 5.74) is 0.643. The maximum Gasteiger partial charge on any atom is 0.227 e. The van der Waals surface area contributed by atoms with E-state index in [9.17, 15) is 17.2 Å². The van der Waals surface area contributed by atoms with Crippen molar-refractivity contribution in [1.29, 1.82) is 0 Å². The minimum atomic E-state index is -3.54. The zero-order valence-electron chi connectivity index (χ0n) is 20.1. The zero-order chi connectivity index (χ0) is 25.2. The van der Waals surface area contributed by atoms with Crippen molar-refractivity contribution in [2.45, 2.75) is 69.2 Å². The zero-order valence-corrected chi connectivity index (χ0v) is 20.9. The van der Waals surface area contributed by atoms with Gasteiger partial charge >= 0.3 is 0 Å². The molecule has 2 fully saturated rings. The molecule has 0 amide bonds. The highest BCUT2D eigenvalue weighted by molar-refractivity contribution is 7.90. The molecule has 0 bridgehead atoms. The lowest BCUT2D eigenvalue weighted by Crippen LogP contribution is -2.39. The largest absolute Gasteiger partial charge is 0.435 e. The number of nitrogens with zero attached hydrogens (tertiary/aromatic N) is 4. The standard InChI is InChI=1S/C24H31F2N5O3S/c1-4-17-7-8-18(12-27-13-28-22(26)16-5-6-16)31(17)23-15(2)24(30-14-29-23)34-21-10-9-19(11-20(21)25)35(3,32)33/h9-11,13-14,16-18,22H,4-8,12H2,1-3H3,(H,27,28). The Kier molecular flexibility index (Phi) is 7.53. The molecule has 2 aliphatic rings. The summed E-state index contributed by atoms with van der Waals surface area (Å²) >= 11 is 0. The highest BCUT2D eigenvalue weighted by atomic mass is 32.2. The van der Waals surface area contributed by atoms with Crippen LogP contribution in [0.15, 0.2) is 34.4 Å². The number of halogens is 2. The van der Waals surface area contributed by atoms with Gasteiger partial charge in [0.2, 0.25) is 5.88 Å². The monoisotopic (exact) mass is 507 g/mol. The molecule has 35 heavy (non-hydrogen) atoms. The molecular weight excluding hydrogens is 476 g/mol. The summed E-state index contributed by atoms with van der Waals surface area (Å²) in [4.78, 5) is 15.2. The van der Waals surface area contributed by atoms with Crippen LogP contribution in [0.25, 0.3) is 0 Å². The van der Waals surface area contributed by atoms with Gasteiger partial charge in [-0.2, -0.15) is 0 Å². The van der Waals surface area contributed by atoms with E-state index in [1.165, 1.54) is 24.8 Å². The molecule has 1 aromatic heterocycles. The minimum Gasteiger partial charge on any atom is -0.435 e. The van der Waals surface area contributed by atoms with Crippen molar-refractivity contribution in [3.05, 3.63) is 35.9 Å². The van der Waals surface area contributed by atoms with Crippen molar-refractivity contribution in [3.63, 3.8) is 0 Å². The molecule has 8 nitrogen and oxygen atoms in total. The van der Waals surface area contributed by atoms with Crippen molar-refractivity contribution in [1.82, 2.24) is 15.3 Å². The smallest absolute Gasteiger partial charge is 0.227 e. The first-order chi connectivity index (χ1) is 16.7. The molecule has 190 valence electrons. The molecule has 3 unspecified atom stereocenters.